The summed E-state index contributed by atoms with van der Waals surface area (Å²) in [4.78, 5) is 41.6. The summed E-state index contributed by atoms with van der Waals surface area (Å²) in [5.41, 5.74) is 1.69. The molecule has 1 N–H and O–H groups in total. The van der Waals surface area contributed by atoms with Gasteiger partial charge in [0.25, 0.3) is 5.56 Å². The van der Waals surface area contributed by atoms with E-state index in [9.17, 15) is 14.4 Å². The number of aromatic amines is 1. The van der Waals surface area contributed by atoms with Crippen molar-refractivity contribution in [2.24, 2.45) is 0 Å². The van der Waals surface area contributed by atoms with Crippen LogP contribution in [0.25, 0.3) is 43.1 Å². The summed E-state index contributed by atoms with van der Waals surface area (Å²) < 4.78 is 6.12. The Balaban J connectivity index is 1.36. The Labute approximate surface area is 234 Å². The highest BCUT2D eigenvalue weighted by Crippen LogP contribution is 2.34. The topological polar surface area (TPSA) is 76.2 Å². The number of hydrogen-bond acceptors (Lipinski definition) is 4. The second-order valence-corrected chi connectivity index (χ2v) is 10.0. The molecule has 7 rings (SSSR count). The Morgan fingerprint density at radius 3 is 1.85 bits per heavy atom. The molecule has 1 aromatic heterocycles. The van der Waals surface area contributed by atoms with Crippen molar-refractivity contribution in [2.75, 3.05) is 0 Å². The molecule has 0 radical (unpaired) electrons. The molecule has 0 amide bonds. The van der Waals surface area contributed by atoms with Gasteiger partial charge in [-0.05, 0) is 61.6 Å². The third-order valence-electron chi connectivity index (χ3n) is 7.62. The smallest absolute Gasteiger partial charge is 0.339 e. The number of carbonyl (C=O) groups excluding carboxylic acids is 1. The van der Waals surface area contributed by atoms with Gasteiger partial charge in [0.05, 0.1) is 10.9 Å². The summed E-state index contributed by atoms with van der Waals surface area (Å²) in [6.45, 7) is 0. The lowest BCUT2D eigenvalue weighted by Crippen LogP contribution is -2.13. The van der Waals surface area contributed by atoms with E-state index in [0.29, 0.717) is 21.7 Å². The third-order valence-corrected chi connectivity index (χ3v) is 7.62. The lowest BCUT2D eigenvalue weighted by Gasteiger charge is -2.19. The van der Waals surface area contributed by atoms with Crippen LogP contribution in [-0.2, 0) is 4.74 Å². The molecule has 0 aliphatic carbocycles. The normalized spacial score (nSPS) is 11.4. The van der Waals surface area contributed by atoms with Crippen molar-refractivity contribution in [2.45, 2.75) is 6.10 Å². The van der Waals surface area contributed by atoms with E-state index in [4.69, 9.17) is 4.74 Å². The maximum atomic E-state index is 13.5. The van der Waals surface area contributed by atoms with E-state index >= 15 is 0 Å². The first-order valence-electron chi connectivity index (χ1n) is 13.3. The molecule has 1 heterocycles. The van der Waals surface area contributed by atoms with Gasteiger partial charge in [-0.3, -0.25) is 9.59 Å². The molecular formula is C36H23NO4. The SMILES string of the molecule is O=C(OC(c1ccccc1)c1ccccc1)c1ccc2ccc3c(ccc4c3ccc3c(=O)[nH]ccc(=O)c34)c2c1. The zero-order valence-corrected chi connectivity index (χ0v) is 21.8. The molecule has 5 nitrogen and oxygen atoms in total. The molecule has 196 valence electrons. The zero-order valence-electron chi connectivity index (χ0n) is 21.8. The van der Waals surface area contributed by atoms with Crippen molar-refractivity contribution >= 4 is 49.1 Å². The van der Waals surface area contributed by atoms with Gasteiger partial charge in [-0.25, -0.2) is 4.79 Å². The highest BCUT2D eigenvalue weighted by atomic mass is 16.5. The molecule has 5 heteroatoms. The number of rotatable bonds is 4. The number of benzene rings is 6. The summed E-state index contributed by atoms with van der Waals surface area (Å²) >= 11 is 0. The molecular weight excluding hydrogens is 510 g/mol. The molecule has 0 atom stereocenters. The second kappa shape index (κ2) is 9.88. The van der Waals surface area contributed by atoms with E-state index in [2.05, 4.69) is 4.98 Å². The minimum absolute atomic E-state index is 0.222. The van der Waals surface area contributed by atoms with Crippen LogP contribution in [0.5, 0.6) is 0 Å². The van der Waals surface area contributed by atoms with Crippen molar-refractivity contribution < 1.29 is 9.53 Å². The number of esters is 1. The van der Waals surface area contributed by atoms with Crippen LogP contribution in [0.15, 0.2) is 137 Å². The van der Waals surface area contributed by atoms with E-state index in [0.717, 1.165) is 38.1 Å². The second-order valence-electron chi connectivity index (χ2n) is 10.0. The predicted molar refractivity (Wildman–Crippen MR) is 163 cm³/mol. The summed E-state index contributed by atoms with van der Waals surface area (Å²) in [6, 6.07) is 37.8. The zero-order chi connectivity index (χ0) is 27.9. The van der Waals surface area contributed by atoms with Gasteiger partial charge in [-0.2, -0.15) is 0 Å². The van der Waals surface area contributed by atoms with E-state index in [-0.39, 0.29) is 11.0 Å². The lowest BCUT2D eigenvalue weighted by atomic mass is 9.94. The minimum Gasteiger partial charge on any atom is -0.449 e. The summed E-state index contributed by atoms with van der Waals surface area (Å²) in [5, 5.41) is 6.05. The quantitative estimate of drug-likeness (QED) is 0.190. The number of hydrogen-bond donors (Lipinski definition) is 1. The van der Waals surface area contributed by atoms with Crippen LogP contribution < -0.4 is 11.0 Å². The molecule has 0 fully saturated rings. The van der Waals surface area contributed by atoms with Crippen LogP contribution in [0.3, 0.4) is 0 Å². The monoisotopic (exact) mass is 533 g/mol. The fourth-order valence-electron chi connectivity index (χ4n) is 5.65. The van der Waals surface area contributed by atoms with Gasteiger partial charge in [0.15, 0.2) is 11.5 Å². The van der Waals surface area contributed by atoms with Gasteiger partial charge < -0.3 is 9.72 Å². The Morgan fingerprint density at radius 2 is 1.15 bits per heavy atom. The van der Waals surface area contributed by atoms with Crippen molar-refractivity contribution in [1.82, 2.24) is 4.98 Å². The van der Waals surface area contributed by atoms with Crippen LogP contribution in [0, 0.1) is 0 Å². The van der Waals surface area contributed by atoms with Crippen molar-refractivity contribution in [3.8, 4) is 0 Å². The van der Waals surface area contributed by atoms with Crippen molar-refractivity contribution in [3.05, 3.63) is 165 Å². The van der Waals surface area contributed by atoms with E-state index < -0.39 is 12.1 Å². The number of ether oxygens (including phenoxy) is 1. The maximum Gasteiger partial charge on any atom is 0.339 e. The third kappa shape index (κ3) is 4.24. The van der Waals surface area contributed by atoms with Gasteiger partial charge in [-0.1, -0.05) is 97.1 Å². The maximum absolute atomic E-state index is 13.5. The first kappa shape index (κ1) is 24.5. The van der Waals surface area contributed by atoms with Crippen LogP contribution >= 0.6 is 0 Å². The van der Waals surface area contributed by atoms with Crippen LogP contribution in [-0.4, -0.2) is 11.0 Å². The Hall–Kier alpha value is -5.55. The summed E-state index contributed by atoms with van der Waals surface area (Å²) in [7, 11) is 0. The van der Waals surface area contributed by atoms with Gasteiger partial charge in [-0.15, -0.1) is 0 Å². The van der Waals surface area contributed by atoms with Crippen molar-refractivity contribution in [3.63, 3.8) is 0 Å². The molecule has 0 bridgehead atoms. The van der Waals surface area contributed by atoms with Crippen LogP contribution in [0.4, 0.5) is 0 Å². The fraction of sp³-hybridized carbons (Fsp3) is 0.0278. The van der Waals surface area contributed by atoms with Gasteiger partial charge >= 0.3 is 5.97 Å². The number of fused-ring (bicyclic) bond motifs is 7. The molecule has 0 spiro atoms. The molecule has 6 aromatic carbocycles. The average Bonchev–Trinajstić information content (AvgIpc) is 3.17. The summed E-state index contributed by atoms with van der Waals surface area (Å²) in [5.74, 6) is -0.420. The van der Waals surface area contributed by atoms with E-state index in [1.807, 2.05) is 103 Å². The number of carbonyl (C=O) groups is 1. The number of H-pyrrole nitrogens is 1. The van der Waals surface area contributed by atoms with E-state index in [1.54, 1.807) is 12.1 Å². The molecule has 0 unspecified atom stereocenters. The summed E-state index contributed by atoms with van der Waals surface area (Å²) in [6.07, 6.45) is 0.835. The molecule has 0 saturated heterocycles. The molecule has 0 aliphatic rings. The molecule has 41 heavy (non-hydrogen) atoms. The Bertz CT molecular complexity index is 2200. The molecule has 0 saturated carbocycles. The van der Waals surface area contributed by atoms with Crippen LogP contribution in [0.1, 0.15) is 27.6 Å². The first-order chi connectivity index (χ1) is 20.1. The predicted octanol–water partition coefficient (Wildman–Crippen LogP) is 7.29. The van der Waals surface area contributed by atoms with Gasteiger partial charge in [0.1, 0.15) is 0 Å². The lowest BCUT2D eigenvalue weighted by molar-refractivity contribution is 0.0378. The Morgan fingerprint density at radius 1 is 0.585 bits per heavy atom. The van der Waals surface area contributed by atoms with Crippen LogP contribution in [0.2, 0.25) is 0 Å². The number of aromatic nitrogens is 1. The average molecular weight is 534 g/mol. The highest BCUT2D eigenvalue weighted by Gasteiger charge is 2.20. The first-order valence-corrected chi connectivity index (χ1v) is 13.3. The molecule has 0 aliphatic heterocycles. The van der Waals surface area contributed by atoms with Gasteiger partial charge in [0.2, 0.25) is 0 Å². The minimum atomic E-state index is -0.545. The van der Waals surface area contributed by atoms with Gasteiger partial charge in [0, 0.05) is 17.6 Å². The van der Waals surface area contributed by atoms with E-state index in [1.165, 1.54) is 12.3 Å². The largest absolute Gasteiger partial charge is 0.449 e. The highest BCUT2D eigenvalue weighted by molar-refractivity contribution is 6.22. The number of nitrogens with one attached hydrogen (secondary N) is 1. The molecule has 7 aromatic rings. The fourth-order valence-corrected chi connectivity index (χ4v) is 5.65. The standard InChI is InChI=1S/C36H23NO4/c38-32-19-20-37-35(39)30-18-16-27-26-14-13-22-11-12-25(21-31(22)28(26)15-17-29(27)33(30)32)36(40)41-34(23-7-3-1-4-8-23)24-9-5-2-6-10-24/h1-21,34H,(H,37,39). The van der Waals surface area contributed by atoms with Crippen molar-refractivity contribution in [1.29, 1.82) is 0 Å². The Kier molecular flexibility index (Phi) is 5.90.